The van der Waals surface area contributed by atoms with E-state index in [1.54, 1.807) is 24.3 Å². The quantitative estimate of drug-likeness (QED) is 0.485. The van der Waals surface area contributed by atoms with Crippen LogP contribution in [0.2, 0.25) is 10.0 Å². The first-order chi connectivity index (χ1) is 16.4. The van der Waals surface area contributed by atoms with Crippen molar-refractivity contribution >= 4 is 35.1 Å². The summed E-state index contributed by atoms with van der Waals surface area (Å²) in [5, 5.41) is 10.7. The largest absolute Gasteiger partial charge is 0.493 e. The van der Waals surface area contributed by atoms with E-state index in [-0.39, 0.29) is 25.3 Å². The maximum absolute atomic E-state index is 13.2. The van der Waals surface area contributed by atoms with Crippen LogP contribution in [-0.2, 0) is 35.6 Å². The molecule has 3 aromatic rings. The molecule has 176 valence electrons. The Morgan fingerprint density at radius 2 is 1.74 bits per heavy atom. The van der Waals surface area contributed by atoms with E-state index in [2.05, 4.69) is 0 Å². The van der Waals surface area contributed by atoms with Crippen LogP contribution in [0.5, 0.6) is 11.5 Å². The maximum Gasteiger partial charge on any atom is 0.326 e. The number of carbonyl (C=O) groups excluding carboxylic acids is 1. The lowest BCUT2D eigenvalue weighted by molar-refractivity contribution is -0.151. The second kappa shape index (κ2) is 10.4. The first-order valence-corrected chi connectivity index (χ1v) is 11.4. The molecule has 0 saturated carbocycles. The second-order valence-electron chi connectivity index (χ2n) is 7.97. The molecule has 1 N–H and O–H groups in total. The van der Waals surface area contributed by atoms with E-state index in [1.807, 2.05) is 36.4 Å². The Hall–Kier alpha value is -3.22. The first kappa shape index (κ1) is 23.9. The summed E-state index contributed by atoms with van der Waals surface area (Å²) in [6, 6.07) is 17.2. The summed E-state index contributed by atoms with van der Waals surface area (Å²) in [6.07, 6.45) is -0.000870. The molecule has 0 spiro atoms. The molecule has 1 amide bonds. The summed E-state index contributed by atoms with van der Waals surface area (Å²) in [5.74, 6) is -0.450. The van der Waals surface area contributed by atoms with Crippen molar-refractivity contribution in [1.29, 1.82) is 0 Å². The van der Waals surface area contributed by atoms with Crippen LogP contribution in [0, 0.1) is 0 Å². The summed E-state index contributed by atoms with van der Waals surface area (Å²) in [5.41, 5.74) is 2.98. The van der Waals surface area contributed by atoms with E-state index in [1.165, 1.54) is 12.0 Å². The van der Waals surface area contributed by atoms with Gasteiger partial charge >= 0.3 is 5.97 Å². The molecule has 0 unspecified atom stereocenters. The van der Waals surface area contributed by atoms with Crippen LogP contribution in [0.1, 0.15) is 22.3 Å². The smallest absolute Gasteiger partial charge is 0.326 e. The highest BCUT2D eigenvalue weighted by Crippen LogP contribution is 2.39. The number of rotatable bonds is 7. The number of carboxylic acids is 1. The average Bonchev–Trinajstić information content (AvgIpc) is 2.84. The first-order valence-electron chi connectivity index (χ1n) is 10.7. The molecule has 1 heterocycles. The number of benzene rings is 3. The molecule has 0 saturated heterocycles. The minimum Gasteiger partial charge on any atom is -0.493 e. The molecular formula is C26H23Cl2NO5. The van der Waals surface area contributed by atoms with Crippen molar-refractivity contribution < 1.29 is 24.2 Å². The molecule has 1 atom stereocenters. The van der Waals surface area contributed by atoms with E-state index in [9.17, 15) is 14.7 Å². The van der Waals surface area contributed by atoms with Crippen molar-refractivity contribution in [3.05, 3.63) is 93.0 Å². The highest BCUT2D eigenvalue weighted by molar-refractivity contribution is 6.36. The van der Waals surface area contributed by atoms with Gasteiger partial charge in [-0.2, -0.15) is 0 Å². The van der Waals surface area contributed by atoms with Crippen LogP contribution >= 0.6 is 23.2 Å². The predicted molar refractivity (Wildman–Crippen MR) is 130 cm³/mol. The van der Waals surface area contributed by atoms with Crippen LogP contribution < -0.4 is 9.47 Å². The third kappa shape index (κ3) is 4.98. The van der Waals surface area contributed by atoms with Crippen LogP contribution in [-0.4, -0.2) is 35.0 Å². The third-order valence-electron chi connectivity index (χ3n) is 5.88. The molecule has 3 aromatic carbocycles. The summed E-state index contributed by atoms with van der Waals surface area (Å²) in [7, 11) is 1.54. The van der Waals surface area contributed by atoms with Gasteiger partial charge in [0.2, 0.25) is 5.91 Å². The predicted octanol–water partition coefficient (Wildman–Crippen LogP) is 5.16. The van der Waals surface area contributed by atoms with Crippen molar-refractivity contribution in [3.63, 3.8) is 0 Å². The molecule has 6 nitrogen and oxygen atoms in total. The van der Waals surface area contributed by atoms with Crippen LogP contribution in [0.3, 0.4) is 0 Å². The Morgan fingerprint density at radius 3 is 2.38 bits per heavy atom. The molecule has 0 aliphatic carbocycles. The molecule has 8 heteroatoms. The minimum absolute atomic E-state index is 0.0913. The molecular weight excluding hydrogens is 477 g/mol. The van der Waals surface area contributed by atoms with Crippen LogP contribution in [0.15, 0.2) is 60.7 Å². The topological polar surface area (TPSA) is 76.1 Å². The van der Waals surface area contributed by atoms with Gasteiger partial charge in [-0.1, -0.05) is 65.7 Å². The second-order valence-corrected chi connectivity index (χ2v) is 8.78. The number of amides is 1. The van der Waals surface area contributed by atoms with E-state index in [4.69, 9.17) is 32.7 Å². The van der Waals surface area contributed by atoms with E-state index in [0.29, 0.717) is 33.7 Å². The number of carboxylic acid groups (broad SMARTS) is 1. The van der Waals surface area contributed by atoms with E-state index in [0.717, 1.165) is 16.7 Å². The van der Waals surface area contributed by atoms with Gasteiger partial charge in [0.05, 0.1) is 13.5 Å². The van der Waals surface area contributed by atoms with Gasteiger partial charge in [0.25, 0.3) is 0 Å². The zero-order valence-corrected chi connectivity index (χ0v) is 20.0. The lowest BCUT2D eigenvalue weighted by atomic mass is 9.92. The fourth-order valence-corrected chi connectivity index (χ4v) is 4.63. The number of fused-ring (bicyclic) bond motifs is 1. The number of nitrogens with zero attached hydrogens (tertiary/aromatic N) is 1. The third-order valence-corrected chi connectivity index (χ3v) is 6.59. The molecule has 0 aromatic heterocycles. The molecule has 34 heavy (non-hydrogen) atoms. The highest BCUT2D eigenvalue weighted by atomic mass is 35.5. The van der Waals surface area contributed by atoms with Crippen molar-refractivity contribution in [2.45, 2.75) is 32.0 Å². The number of ether oxygens (including phenoxy) is 2. The number of methoxy groups -OCH3 is 1. The van der Waals surface area contributed by atoms with Gasteiger partial charge in [0.15, 0.2) is 11.5 Å². The highest BCUT2D eigenvalue weighted by Gasteiger charge is 2.37. The Bertz CT molecular complexity index is 1200. The lowest BCUT2D eigenvalue weighted by Gasteiger charge is -2.35. The molecule has 0 bridgehead atoms. The molecule has 0 fully saturated rings. The van der Waals surface area contributed by atoms with Gasteiger partial charge < -0.3 is 19.5 Å². The summed E-state index contributed by atoms with van der Waals surface area (Å²) in [6.45, 7) is 0.429. The van der Waals surface area contributed by atoms with Gasteiger partial charge in [-0.25, -0.2) is 4.79 Å². The van der Waals surface area contributed by atoms with Gasteiger partial charge in [-0.15, -0.1) is 0 Å². The molecule has 1 aliphatic rings. The molecule has 4 rings (SSSR count). The SMILES string of the molecule is COc1ccc2c(c1OCc1ccccc1)C[C@@H](C(=O)O)N(C(=O)Cc1c(Cl)cccc1Cl)C2. The zero-order chi connectivity index (χ0) is 24.2. The van der Waals surface area contributed by atoms with Crippen molar-refractivity contribution in [3.8, 4) is 11.5 Å². The number of aliphatic carboxylic acids is 1. The zero-order valence-electron chi connectivity index (χ0n) is 18.5. The molecule has 0 radical (unpaired) electrons. The van der Waals surface area contributed by atoms with Crippen molar-refractivity contribution in [2.75, 3.05) is 7.11 Å². The Morgan fingerprint density at radius 1 is 1.03 bits per heavy atom. The van der Waals surface area contributed by atoms with Gasteiger partial charge in [-0.05, 0) is 34.9 Å². The minimum atomic E-state index is -1.10. The standard InChI is InChI=1S/C26H23Cl2NO5/c1-33-23-11-10-17-14-29(24(30)13-19-20(27)8-5-9-21(19)28)22(26(31)32)12-18(17)25(23)34-15-16-6-3-2-4-7-16/h2-11,22H,12-15H2,1H3,(H,31,32)/t22-/m0/s1. The van der Waals surface area contributed by atoms with Crippen molar-refractivity contribution in [1.82, 2.24) is 4.90 Å². The lowest BCUT2D eigenvalue weighted by Crippen LogP contribution is -2.49. The van der Waals surface area contributed by atoms with Gasteiger partial charge in [0, 0.05) is 28.6 Å². The number of carbonyl (C=O) groups is 2. The molecule has 1 aliphatic heterocycles. The van der Waals surface area contributed by atoms with Gasteiger partial charge in [0.1, 0.15) is 12.6 Å². The monoisotopic (exact) mass is 499 g/mol. The van der Waals surface area contributed by atoms with E-state index >= 15 is 0 Å². The summed E-state index contributed by atoms with van der Waals surface area (Å²) < 4.78 is 11.6. The normalized spacial score (nSPS) is 14.9. The van der Waals surface area contributed by atoms with Crippen LogP contribution in [0.25, 0.3) is 0 Å². The number of halogens is 2. The summed E-state index contributed by atoms with van der Waals surface area (Å²) in [4.78, 5) is 26.8. The fourth-order valence-electron chi connectivity index (χ4n) is 4.10. The Kier molecular flexibility index (Phi) is 7.29. The number of hydrogen-bond donors (Lipinski definition) is 1. The van der Waals surface area contributed by atoms with Crippen molar-refractivity contribution in [2.24, 2.45) is 0 Å². The van der Waals surface area contributed by atoms with Crippen LogP contribution in [0.4, 0.5) is 0 Å². The van der Waals surface area contributed by atoms with E-state index < -0.39 is 12.0 Å². The Labute approximate surface area is 207 Å². The maximum atomic E-state index is 13.2. The van der Waals surface area contributed by atoms with Gasteiger partial charge in [-0.3, -0.25) is 4.79 Å². The average molecular weight is 500 g/mol. The Balaban J connectivity index is 1.64. The fraction of sp³-hybridized carbons (Fsp3) is 0.231. The number of hydrogen-bond acceptors (Lipinski definition) is 4. The summed E-state index contributed by atoms with van der Waals surface area (Å²) >= 11 is 12.5.